The summed E-state index contributed by atoms with van der Waals surface area (Å²) < 4.78 is 1.78. The number of fused-ring (bicyclic) bond motifs is 1. The molecule has 1 unspecified atom stereocenters. The van der Waals surface area contributed by atoms with Crippen molar-refractivity contribution in [2.24, 2.45) is 5.73 Å². The molecule has 1 saturated heterocycles. The summed E-state index contributed by atoms with van der Waals surface area (Å²) in [5, 5.41) is 0.871. The summed E-state index contributed by atoms with van der Waals surface area (Å²) in [5.74, 6) is 0.509. The molecule has 7 nitrogen and oxygen atoms in total. The zero-order chi connectivity index (χ0) is 19.7. The molecule has 3 aromatic rings. The van der Waals surface area contributed by atoms with Crippen molar-refractivity contribution in [1.29, 1.82) is 0 Å². The number of piperidine rings is 1. The Balaban J connectivity index is 1.61. The number of aryl methyl sites for hydroxylation is 1. The smallest absolute Gasteiger partial charge is 0.254 e. The molecule has 0 aliphatic carbocycles. The van der Waals surface area contributed by atoms with Crippen LogP contribution in [0.2, 0.25) is 0 Å². The lowest BCUT2D eigenvalue weighted by molar-refractivity contribution is -0.118. The third-order valence-electron chi connectivity index (χ3n) is 5.22. The van der Waals surface area contributed by atoms with E-state index in [0.717, 1.165) is 35.3 Å². The lowest BCUT2D eigenvalue weighted by Gasteiger charge is -2.33. The van der Waals surface area contributed by atoms with Crippen molar-refractivity contribution in [1.82, 2.24) is 19.4 Å². The van der Waals surface area contributed by atoms with E-state index in [2.05, 4.69) is 9.97 Å². The molecule has 2 N–H and O–H groups in total. The van der Waals surface area contributed by atoms with Gasteiger partial charge in [0, 0.05) is 42.5 Å². The Labute approximate surface area is 163 Å². The summed E-state index contributed by atoms with van der Waals surface area (Å²) >= 11 is 0. The zero-order valence-electron chi connectivity index (χ0n) is 15.8. The molecular formula is C21H23N5O2. The average molecular weight is 377 g/mol. The number of imidazole rings is 1. The minimum atomic E-state index is -0.401. The van der Waals surface area contributed by atoms with E-state index in [0.29, 0.717) is 18.7 Å². The Morgan fingerprint density at radius 3 is 2.93 bits per heavy atom. The molecule has 0 radical (unpaired) electrons. The van der Waals surface area contributed by atoms with Crippen LogP contribution in [0.25, 0.3) is 10.9 Å². The lowest BCUT2D eigenvalue weighted by Crippen LogP contribution is -2.40. The van der Waals surface area contributed by atoms with E-state index < -0.39 is 5.91 Å². The zero-order valence-corrected chi connectivity index (χ0v) is 15.8. The number of pyridine rings is 1. The molecule has 7 heteroatoms. The Morgan fingerprint density at radius 2 is 2.11 bits per heavy atom. The number of primary amides is 1. The number of benzene rings is 1. The minimum Gasteiger partial charge on any atom is -0.368 e. The Kier molecular flexibility index (Phi) is 4.81. The monoisotopic (exact) mass is 377 g/mol. The number of likely N-dealkylation sites (tertiary alicyclic amines) is 1. The van der Waals surface area contributed by atoms with E-state index in [1.54, 1.807) is 17.0 Å². The van der Waals surface area contributed by atoms with Crippen LogP contribution in [-0.2, 0) is 11.3 Å². The number of hydrogen-bond donors (Lipinski definition) is 1. The molecule has 1 fully saturated rings. The van der Waals surface area contributed by atoms with Crippen molar-refractivity contribution >= 4 is 22.7 Å². The average Bonchev–Trinajstić information content (AvgIpc) is 3.14. The van der Waals surface area contributed by atoms with E-state index >= 15 is 0 Å². The molecule has 1 atom stereocenters. The minimum absolute atomic E-state index is 0.0133. The van der Waals surface area contributed by atoms with E-state index in [-0.39, 0.29) is 18.4 Å². The van der Waals surface area contributed by atoms with Crippen LogP contribution >= 0.6 is 0 Å². The maximum atomic E-state index is 13.3. The van der Waals surface area contributed by atoms with Crippen LogP contribution < -0.4 is 5.73 Å². The van der Waals surface area contributed by atoms with Crippen molar-refractivity contribution < 1.29 is 9.59 Å². The van der Waals surface area contributed by atoms with E-state index in [1.807, 2.05) is 42.2 Å². The number of aromatic nitrogens is 3. The fourth-order valence-electron chi connectivity index (χ4n) is 4.01. The van der Waals surface area contributed by atoms with Gasteiger partial charge in [-0.3, -0.25) is 14.6 Å². The lowest BCUT2D eigenvalue weighted by atomic mass is 9.96. The summed E-state index contributed by atoms with van der Waals surface area (Å²) in [4.78, 5) is 35.5. The van der Waals surface area contributed by atoms with E-state index in [1.165, 1.54) is 0 Å². The van der Waals surface area contributed by atoms with Crippen molar-refractivity contribution in [3.05, 3.63) is 59.8 Å². The SMILES string of the molecule is Cc1cc(C(=O)N2CCCC(c3nccn3CC(N)=O)C2)c2ccccc2n1. The molecule has 144 valence electrons. The fourth-order valence-corrected chi connectivity index (χ4v) is 4.01. The topological polar surface area (TPSA) is 94.1 Å². The van der Waals surface area contributed by atoms with Crippen LogP contribution in [-0.4, -0.2) is 44.3 Å². The molecule has 0 saturated carbocycles. The first-order valence-electron chi connectivity index (χ1n) is 9.48. The van der Waals surface area contributed by atoms with Gasteiger partial charge in [-0.1, -0.05) is 18.2 Å². The van der Waals surface area contributed by atoms with Crippen molar-refractivity contribution in [3.8, 4) is 0 Å². The number of amides is 2. The predicted octanol–water partition coefficient (Wildman–Crippen LogP) is 2.24. The van der Waals surface area contributed by atoms with Crippen LogP contribution in [0.3, 0.4) is 0 Å². The number of carbonyl (C=O) groups excluding carboxylic acids is 2. The first-order chi connectivity index (χ1) is 13.5. The Bertz CT molecular complexity index is 1040. The predicted molar refractivity (Wildman–Crippen MR) is 106 cm³/mol. The van der Waals surface area contributed by atoms with E-state index in [9.17, 15) is 9.59 Å². The Hall–Kier alpha value is -3.22. The molecule has 1 aromatic carbocycles. The molecule has 2 aromatic heterocycles. The van der Waals surface area contributed by atoms with Gasteiger partial charge in [0.05, 0.1) is 11.1 Å². The van der Waals surface area contributed by atoms with Gasteiger partial charge in [-0.25, -0.2) is 4.98 Å². The largest absolute Gasteiger partial charge is 0.368 e. The van der Waals surface area contributed by atoms with Crippen LogP contribution in [0, 0.1) is 6.92 Å². The number of hydrogen-bond acceptors (Lipinski definition) is 4. The van der Waals surface area contributed by atoms with Gasteiger partial charge in [-0.15, -0.1) is 0 Å². The summed E-state index contributed by atoms with van der Waals surface area (Å²) in [6.45, 7) is 3.29. The second-order valence-electron chi connectivity index (χ2n) is 7.30. The summed E-state index contributed by atoms with van der Waals surface area (Å²) in [7, 11) is 0. The Morgan fingerprint density at radius 1 is 1.29 bits per heavy atom. The quantitative estimate of drug-likeness (QED) is 0.754. The van der Waals surface area contributed by atoms with Crippen LogP contribution in [0.5, 0.6) is 0 Å². The third-order valence-corrected chi connectivity index (χ3v) is 5.22. The number of rotatable bonds is 4. The number of carbonyl (C=O) groups is 2. The van der Waals surface area contributed by atoms with Gasteiger partial charge in [0.15, 0.2) is 0 Å². The molecule has 0 bridgehead atoms. The first kappa shape index (κ1) is 18.2. The summed E-state index contributed by atoms with van der Waals surface area (Å²) in [6.07, 6.45) is 5.26. The highest BCUT2D eigenvalue weighted by molar-refractivity contribution is 6.06. The second-order valence-corrected chi connectivity index (χ2v) is 7.30. The molecule has 1 aliphatic rings. The van der Waals surface area contributed by atoms with Crippen LogP contribution in [0.4, 0.5) is 0 Å². The third kappa shape index (κ3) is 3.47. The van der Waals surface area contributed by atoms with Gasteiger partial charge in [-0.2, -0.15) is 0 Å². The van der Waals surface area contributed by atoms with Gasteiger partial charge in [0.25, 0.3) is 5.91 Å². The highest BCUT2D eigenvalue weighted by Gasteiger charge is 2.29. The number of nitrogens with zero attached hydrogens (tertiary/aromatic N) is 4. The fraction of sp³-hybridized carbons (Fsp3) is 0.333. The van der Waals surface area contributed by atoms with E-state index in [4.69, 9.17) is 5.73 Å². The molecule has 4 rings (SSSR count). The van der Waals surface area contributed by atoms with Gasteiger partial charge in [0.1, 0.15) is 12.4 Å². The first-order valence-corrected chi connectivity index (χ1v) is 9.48. The summed E-state index contributed by atoms with van der Waals surface area (Å²) in [5.41, 5.74) is 7.68. The summed E-state index contributed by atoms with van der Waals surface area (Å²) in [6, 6.07) is 9.59. The maximum absolute atomic E-state index is 13.3. The van der Waals surface area contributed by atoms with Crippen LogP contribution in [0.1, 0.15) is 40.6 Å². The second kappa shape index (κ2) is 7.42. The number of nitrogens with two attached hydrogens (primary N) is 1. The van der Waals surface area contributed by atoms with Crippen molar-refractivity contribution in [3.63, 3.8) is 0 Å². The molecular weight excluding hydrogens is 354 g/mol. The molecule has 0 spiro atoms. The normalized spacial score (nSPS) is 17.0. The number of para-hydroxylation sites is 1. The van der Waals surface area contributed by atoms with Gasteiger partial charge in [0.2, 0.25) is 5.91 Å². The van der Waals surface area contributed by atoms with Crippen molar-refractivity contribution in [2.45, 2.75) is 32.2 Å². The molecule has 3 heterocycles. The molecule has 1 aliphatic heterocycles. The highest BCUT2D eigenvalue weighted by Crippen LogP contribution is 2.28. The van der Waals surface area contributed by atoms with Gasteiger partial charge in [-0.05, 0) is 31.9 Å². The highest BCUT2D eigenvalue weighted by atomic mass is 16.2. The molecule has 28 heavy (non-hydrogen) atoms. The van der Waals surface area contributed by atoms with Crippen molar-refractivity contribution in [2.75, 3.05) is 13.1 Å². The molecule has 2 amide bonds. The maximum Gasteiger partial charge on any atom is 0.254 e. The van der Waals surface area contributed by atoms with Gasteiger partial charge >= 0.3 is 0 Å². The van der Waals surface area contributed by atoms with Gasteiger partial charge < -0.3 is 15.2 Å². The standard InChI is InChI=1S/C21H23N5O2/c1-14-11-17(16-6-2-3-7-18(16)24-14)21(28)26-9-4-5-15(12-26)20-23-8-10-25(20)13-19(22)27/h2-3,6-8,10-11,15H,4-5,9,12-13H2,1H3,(H2,22,27). The van der Waals surface area contributed by atoms with Crippen LogP contribution in [0.15, 0.2) is 42.7 Å².